The normalized spacial score (nSPS) is 22.0. The van der Waals surface area contributed by atoms with Gasteiger partial charge in [0.2, 0.25) is 0 Å². The Labute approximate surface area is 179 Å². The fraction of sp³-hybridized carbons (Fsp3) is 0.565. The van der Waals surface area contributed by atoms with Gasteiger partial charge in [-0.25, -0.2) is 5.48 Å². The number of likely N-dealkylation sites (tertiary alicyclic amines) is 1. The third kappa shape index (κ3) is 6.57. The molecule has 2 saturated heterocycles. The second-order valence-corrected chi connectivity index (χ2v) is 8.97. The van der Waals surface area contributed by atoms with Crippen molar-refractivity contribution in [3.05, 3.63) is 35.9 Å². The van der Waals surface area contributed by atoms with Crippen LogP contribution in [0.15, 0.2) is 30.3 Å². The van der Waals surface area contributed by atoms with E-state index in [4.69, 9.17) is 5.21 Å². The molecular weight excluding hydrogens is 382 g/mol. The predicted molar refractivity (Wildman–Crippen MR) is 118 cm³/mol. The molecule has 1 aromatic carbocycles. The van der Waals surface area contributed by atoms with E-state index in [0.717, 1.165) is 24.3 Å². The van der Waals surface area contributed by atoms with Gasteiger partial charge in [0.1, 0.15) is 5.60 Å². The number of benzene rings is 1. The lowest BCUT2D eigenvalue weighted by atomic mass is 9.86. The molecule has 2 heterocycles. The minimum atomic E-state index is -0.510. The van der Waals surface area contributed by atoms with Gasteiger partial charge in [0, 0.05) is 30.4 Å². The Balaban J connectivity index is 0.000000396. The summed E-state index contributed by atoms with van der Waals surface area (Å²) in [4.78, 5) is 25.8. The van der Waals surface area contributed by atoms with Gasteiger partial charge in [-0.2, -0.15) is 0 Å². The number of carbonyl (C=O) groups excluding carboxylic acids is 2. The zero-order chi connectivity index (χ0) is 22.2. The maximum atomic E-state index is 11.2. The zero-order valence-electron chi connectivity index (χ0n) is 18.6. The number of amides is 1. The highest BCUT2D eigenvalue weighted by Gasteiger charge is 2.42. The third-order valence-electron chi connectivity index (χ3n) is 5.73. The number of para-hydroxylation sites is 1. The average molecular weight is 418 g/mol. The maximum absolute atomic E-state index is 11.2. The topological polar surface area (TPSA) is 82.1 Å². The molecule has 2 fully saturated rings. The van der Waals surface area contributed by atoms with E-state index in [9.17, 15) is 9.59 Å². The summed E-state index contributed by atoms with van der Waals surface area (Å²) in [6.45, 7) is 9.19. The van der Waals surface area contributed by atoms with Crippen LogP contribution in [0.1, 0.15) is 52.0 Å². The molecule has 1 unspecified atom stereocenters. The number of anilines is 1. The minimum absolute atomic E-state index is 0.303. The van der Waals surface area contributed by atoms with Crippen LogP contribution in [-0.2, 0) is 14.3 Å². The van der Waals surface area contributed by atoms with Gasteiger partial charge in [-0.05, 0) is 71.3 Å². The lowest BCUT2D eigenvalue weighted by Gasteiger charge is -2.42. The first-order chi connectivity index (χ1) is 14.2. The van der Waals surface area contributed by atoms with Crippen LogP contribution < -0.4 is 10.4 Å². The summed E-state index contributed by atoms with van der Waals surface area (Å²) in [5.41, 5.74) is 3.78. The number of hydrogen-bond donors (Lipinski definition) is 2. The lowest BCUT2D eigenvalue weighted by molar-refractivity contribution is -0.138. The van der Waals surface area contributed by atoms with E-state index in [1.807, 2.05) is 39.0 Å². The van der Waals surface area contributed by atoms with Gasteiger partial charge >= 0.3 is 0 Å². The van der Waals surface area contributed by atoms with Crippen molar-refractivity contribution >= 4 is 24.1 Å². The molecule has 0 aromatic heterocycles. The molecule has 7 heteroatoms. The number of hydroxylamine groups is 1. The Hall–Kier alpha value is -2.38. The number of likely N-dealkylation sites (N-methyl/N-ethyl adjacent to an activating group) is 1. The van der Waals surface area contributed by atoms with Gasteiger partial charge in [-0.15, -0.1) is 0 Å². The molecule has 7 nitrogen and oxygen atoms in total. The highest BCUT2D eigenvalue weighted by molar-refractivity contribution is 5.91. The first-order valence-corrected chi connectivity index (χ1v) is 10.5. The molecule has 0 aliphatic carbocycles. The van der Waals surface area contributed by atoms with Crippen LogP contribution >= 0.6 is 0 Å². The molecule has 3 rings (SSSR count). The van der Waals surface area contributed by atoms with Crippen molar-refractivity contribution in [2.24, 2.45) is 0 Å². The van der Waals surface area contributed by atoms with Gasteiger partial charge in [0.25, 0.3) is 12.4 Å². The molecule has 0 bridgehead atoms. The SMILES string of the molecule is CC(C)(C)OC=O.CN1CCCCC12CCN(c1ccccc1/C=C/C(=O)NO)C2. The van der Waals surface area contributed by atoms with E-state index in [1.54, 1.807) is 11.6 Å². The maximum Gasteiger partial charge on any atom is 0.293 e. The van der Waals surface area contributed by atoms with Crippen LogP contribution in [0.2, 0.25) is 0 Å². The van der Waals surface area contributed by atoms with Crippen molar-refractivity contribution < 1.29 is 19.5 Å². The average Bonchev–Trinajstić information content (AvgIpc) is 3.13. The Kier molecular flexibility index (Phi) is 8.43. The molecular formula is C23H35N3O4. The van der Waals surface area contributed by atoms with Crippen LogP contribution in [-0.4, -0.2) is 60.3 Å². The molecule has 2 aliphatic rings. The van der Waals surface area contributed by atoms with Crippen molar-refractivity contribution in [3.63, 3.8) is 0 Å². The number of ether oxygens (including phenoxy) is 1. The van der Waals surface area contributed by atoms with E-state index in [0.29, 0.717) is 12.0 Å². The quantitative estimate of drug-likeness (QED) is 0.339. The van der Waals surface area contributed by atoms with Gasteiger partial charge in [-0.1, -0.05) is 24.6 Å². The van der Waals surface area contributed by atoms with Crippen molar-refractivity contribution in [3.8, 4) is 0 Å². The van der Waals surface area contributed by atoms with Crippen LogP contribution in [0.25, 0.3) is 6.08 Å². The Morgan fingerprint density at radius 2 is 1.93 bits per heavy atom. The molecule has 2 aliphatic heterocycles. The van der Waals surface area contributed by atoms with Gasteiger partial charge in [-0.3, -0.25) is 19.7 Å². The van der Waals surface area contributed by atoms with Crippen LogP contribution in [0.5, 0.6) is 0 Å². The van der Waals surface area contributed by atoms with E-state index in [-0.39, 0.29) is 5.60 Å². The second kappa shape index (κ2) is 10.6. The Morgan fingerprint density at radius 3 is 2.53 bits per heavy atom. The number of carbonyl (C=O) groups is 2. The fourth-order valence-electron chi connectivity index (χ4n) is 4.07. The standard InChI is InChI=1S/C18H25N3O2.C5H10O2/c1-20-12-5-4-10-18(20)11-13-21(14-18)16-7-3-2-6-15(16)8-9-17(22)19-23;1-5(2,3)7-4-6/h2-3,6-9,23H,4-5,10-14H2,1H3,(H,19,22);4H,1-3H3/b9-8+;. The molecule has 1 spiro atoms. The highest BCUT2D eigenvalue weighted by atomic mass is 16.5. The third-order valence-corrected chi connectivity index (χ3v) is 5.73. The molecule has 1 aromatic rings. The molecule has 1 atom stereocenters. The van der Waals surface area contributed by atoms with Crippen LogP contribution in [0, 0.1) is 0 Å². The molecule has 2 N–H and O–H groups in total. The van der Waals surface area contributed by atoms with E-state index in [2.05, 4.69) is 27.7 Å². The number of nitrogens with zero attached hydrogens (tertiary/aromatic N) is 2. The number of nitrogens with one attached hydrogen (secondary N) is 1. The number of piperidine rings is 1. The van der Waals surface area contributed by atoms with Gasteiger partial charge in [0.15, 0.2) is 0 Å². The summed E-state index contributed by atoms with van der Waals surface area (Å²) in [5.74, 6) is -0.510. The number of hydrogen-bond acceptors (Lipinski definition) is 6. The summed E-state index contributed by atoms with van der Waals surface area (Å²) in [6.07, 6.45) is 8.20. The monoisotopic (exact) mass is 417 g/mol. The molecule has 0 saturated carbocycles. The largest absolute Gasteiger partial charge is 0.462 e. The van der Waals surface area contributed by atoms with Gasteiger partial charge < -0.3 is 9.64 Å². The summed E-state index contributed by atoms with van der Waals surface area (Å²) in [7, 11) is 2.25. The molecule has 166 valence electrons. The van der Waals surface area contributed by atoms with Crippen molar-refractivity contribution in [1.29, 1.82) is 0 Å². The van der Waals surface area contributed by atoms with Crippen molar-refractivity contribution in [2.45, 2.75) is 57.6 Å². The highest BCUT2D eigenvalue weighted by Crippen LogP contribution is 2.38. The van der Waals surface area contributed by atoms with E-state index in [1.165, 1.54) is 38.3 Å². The second-order valence-electron chi connectivity index (χ2n) is 8.97. The molecule has 30 heavy (non-hydrogen) atoms. The molecule has 0 radical (unpaired) electrons. The summed E-state index contributed by atoms with van der Waals surface area (Å²) < 4.78 is 4.55. The summed E-state index contributed by atoms with van der Waals surface area (Å²) in [5, 5.41) is 8.62. The van der Waals surface area contributed by atoms with E-state index >= 15 is 0 Å². The summed E-state index contributed by atoms with van der Waals surface area (Å²) in [6, 6.07) is 8.12. The Morgan fingerprint density at radius 1 is 1.20 bits per heavy atom. The van der Waals surface area contributed by atoms with Crippen LogP contribution in [0.3, 0.4) is 0 Å². The first-order valence-electron chi connectivity index (χ1n) is 10.5. The molecule has 1 amide bonds. The first kappa shape index (κ1) is 23.9. The smallest absolute Gasteiger partial charge is 0.293 e. The fourth-order valence-corrected chi connectivity index (χ4v) is 4.07. The van der Waals surface area contributed by atoms with Gasteiger partial charge in [0.05, 0.1) is 0 Å². The van der Waals surface area contributed by atoms with E-state index < -0.39 is 5.91 Å². The number of rotatable bonds is 4. The van der Waals surface area contributed by atoms with Crippen molar-refractivity contribution in [1.82, 2.24) is 10.4 Å². The summed E-state index contributed by atoms with van der Waals surface area (Å²) >= 11 is 0. The zero-order valence-corrected chi connectivity index (χ0v) is 18.6. The predicted octanol–water partition coefficient (Wildman–Crippen LogP) is 3.23. The van der Waals surface area contributed by atoms with Crippen LogP contribution in [0.4, 0.5) is 5.69 Å². The minimum Gasteiger partial charge on any atom is -0.462 e. The van der Waals surface area contributed by atoms with Crippen molar-refractivity contribution in [2.75, 3.05) is 31.6 Å². The Bertz CT molecular complexity index is 744. The lowest BCUT2D eigenvalue weighted by Crippen LogP contribution is -2.51.